The molecule has 0 radical (unpaired) electrons. The van der Waals surface area contributed by atoms with Crippen molar-refractivity contribution in [3.8, 4) is 17.2 Å². The molecule has 214 valence electrons. The van der Waals surface area contributed by atoms with Crippen molar-refractivity contribution < 1.29 is 17.9 Å². The maximum absolute atomic E-state index is 12.9. The van der Waals surface area contributed by atoms with Crippen LogP contribution in [0.3, 0.4) is 0 Å². The van der Waals surface area contributed by atoms with Gasteiger partial charge in [0.1, 0.15) is 17.2 Å². The third-order valence-electron chi connectivity index (χ3n) is 6.09. The number of ether oxygens (including phenoxy) is 2. The Hall–Kier alpha value is -3.57. The Morgan fingerprint density at radius 1 is 0.575 bits per heavy atom. The fourth-order valence-corrected chi connectivity index (χ4v) is 5.05. The molecule has 0 aliphatic carbocycles. The Balaban J connectivity index is 0.000000858. The molecule has 0 saturated carbocycles. The highest BCUT2D eigenvalue weighted by Crippen LogP contribution is 2.34. The van der Waals surface area contributed by atoms with E-state index in [1.54, 1.807) is 55.6 Å². The molecule has 0 bridgehead atoms. The highest BCUT2D eigenvalue weighted by Gasteiger charge is 2.23. The molecular weight excluding hydrogens is 516 g/mol. The van der Waals surface area contributed by atoms with E-state index in [9.17, 15) is 8.42 Å². The highest BCUT2D eigenvalue weighted by atomic mass is 32.2. The van der Waals surface area contributed by atoms with Gasteiger partial charge in [-0.1, -0.05) is 96.3 Å². The highest BCUT2D eigenvalue weighted by molar-refractivity contribution is 7.91. The van der Waals surface area contributed by atoms with Crippen LogP contribution in [0.1, 0.15) is 71.1 Å². The second kappa shape index (κ2) is 15.3. The van der Waals surface area contributed by atoms with E-state index in [0.29, 0.717) is 11.5 Å². The van der Waals surface area contributed by atoms with Gasteiger partial charge in [-0.2, -0.15) is 0 Å². The molecule has 4 rings (SSSR count). The van der Waals surface area contributed by atoms with Gasteiger partial charge in [-0.05, 0) is 78.7 Å². The monoisotopic (exact) mass is 560 g/mol. The van der Waals surface area contributed by atoms with E-state index in [4.69, 9.17) is 9.47 Å². The van der Waals surface area contributed by atoms with Crippen molar-refractivity contribution >= 4 is 9.84 Å². The summed E-state index contributed by atoms with van der Waals surface area (Å²) in [5.74, 6) is 2.09. The number of methoxy groups -OCH3 is 1. The van der Waals surface area contributed by atoms with Gasteiger partial charge in [0.2, 0.25) is 9.84 Å². The molecule has 0 aromatic heterocycles. The quantitative estimate of drug-likeness (QED) is 0.226. The van der Waals surface area contributed by atoms with Gasteiger partial charge in [-0.15, -0.1) is 0 Å². The van der Waals surface area contributed by atoms with Crippen molar-refractivity contribution in [2.24, 2.45) is 0 Å². The maximum atomic E-state index is 12.9. The lowest BCUT2D eigenvalue weighted by molar-refractivity contribution is 0.414. The first-order valence-electron chi connectivity index (χ1n) is 13.9. The predicted octanol–water partition coefficient (Wildman–Crippen LogP) is 9.79. The molecule has 4 aromatic rings. The zero-order chi connectivity index (χ0) is 29.8. The van der Waals surface area contributed by atoms with Gasteiger partial charge in [-0.3, -0.25) is 0 Å². The summed E-state index contributed by atoms with van der Waals surface area (Å²) in [5, 5.41) is 0. The molecule has 0 aliphatic rings. The van der Waals surface area contributed by atoms with Crippen molar-refractivity contribution in [3.63, 3.8) is 0 Å². The molecule has 0 heterocycles. The summed E-state index contributed by atoms with van der Waals surface area (Å²) < 4.78 is 36.9. The molecule has 0 saturated heterocycles. The third-order valence-corrected chi connectivity index (χ3v) is 7.87. The van der Waals surface area contributed by atoms with Crippen molar-refractivity contribution in [2.45, 2.75) is 76.5 Å². The van der Waals surface area contributed by atoms with Crippen molar-refractivity contribution in [1.29, 1.82) is 0 Å². The fourth-order valence-electron chi connectivity index (χ4n) is 3.79. The largest absolute Gasteiger partial charge is 0.497 e. The van der Waals surface area contributed by atoms with Crippen molar-refractivity contribution in [2.75, 3.05) is 7.11 Å². The van der Waals surface area contributed by atoms with Gasteiger partial charge in [0, 0.05) is 5.41 Å². The first-order valence-corrected chi connectivity index (χ1v) is 15.4. The number of rotatable bonds is 7. The van der Waals surface area contributed by atoms with Crippen molar-refractivity contribution in [3.05, 3.63) is 114 Å². The van der Waals surface area contributed by atoms with Gasteiger partial charge >= 0.3 is 0 Å². The Labute approximate surface area is 241 Å². The third kappa shape index (κ3) is 8.72. The molecule has 0 unspecified atom stereocenters. The molecule has 40 heavy (non-hydrogen) atoms. The Morgan fingerprint density at radius 2 is 0.900 bits per heavy atom. The van der Waals surface area contributed by atoms with E-state index in [-0.39, 0.29) is 15.2 Å². The summed E-state index contributed by atoms with van der Waals surface area (Å²) >= 11 is 0. The normalized spacial score (nSPS) is 10.9. The van der Waals surface area contributed by atoms with Crippen molar-refractivity contribution in [1.82, 2.24) is 0 Å². The molecule has 4 nitrogen and oxygen atoms in total. The van der Waals surface area contributed by atoms with E-state index < -0.39 is 9.84 Å². The van der Waals surface area contributed by atoms with Crippen LogP contribution in [0.15, 0.2) is 107 Å². The Bertz CT molecular complexity index is 1380. The van der Waals surface area contributed by atoms with Gasteiger partial charge in [0.05, 0.1) is 16.9 Å². The molecule has 0 N–H and O–H groups in total. The second-order valence-electron chi connectivity index (χ2n) is 10.2. The summed E-state index contributed by atoms with van der Waals surface area (Å²) in [6.07, 6.45) is 2.50. The first-order chi connectivity index (χ1) is 19.0. The first kappa shape index (κ1) is 32.6. The number of hydrogen-bond donors (Lipinski definition) is 0. The van der Waals surface area contributed by atoms with Crippen LogP contribution < -0.4 is 9.47 Å². The SMILES string of the molecule is CCC.CCC.COc1ccc(C(C)(C)c2ccc(Oc3ccc(S(=O)(=O)c4ccc(C)cc4)cc3)cc2)cc1. The molecule has 5 heteroatoms. The molecule has 0 fully saturated rings. The van der Waals surface area contributed by atoms with Crippen LogP contribution in [-0.4, -0.2) is 15.5 Å². The lowest BCUT2D eigenvalue weighted by Gasteiger charge is -2.26. The van der Waals surface area contributed by atoms with Crippen LogP contribution in [0.25, 0.3) is 0 Å². The second-order valence-corrected chi connectivity index (χ2v) is 12.1. The molecule has 0 amide bonds. The number of sulfone groups is 1. The average Bonchev–Trinajstić information content (AvgIpc) is 2.95. The van der Waals surface area contributed by atoms with E-state index in [1.165, 1.54) is 18.4 Å². The molecule has 0 atom stereocenters. The van der Waals surface area contributed by atoms with Gasteiger partial charge in [0.15, 0.2) is 0 Å². The lowest BCUT2D eigenvalue weighted by atomic mass is 9.78. The number of benzene rings is 4. The van der Waals surface area contributed by atoms with Gasteiger partial charge in [-0.25, -0.2) is 8.42 Å². The average molecular weight is 561 g/mol. The summed E-state index contributed by atoms with van der Waals surface area (Å²) in [4.78, 5) is 0.516. The number of aryl methyl sites for hydroxylation is 1. The van der Waals surface area contributed by atoms with Gasteiger partial charge in [0.25, 0.3) is 0 Å². The topological polar surface area (TPSA) is 52.6 Å². The standard InChI is InChI=1S/C29H28O4S.2C3H8/c1-21-5-17-27(18-6-21)34(30,31)28-19-15-26(16-20-28)33-25-13-9-23(10-14-25)29(2,3)22-7-11-24(32-4)12-8-22;2*1-3-2/h5-20H,1-4H3;2*3H2,1-2H3. The molecule has 4 aromatic carbocycles. The lowest BCUT2D eigenvalue weighted by Crippen LogP contribution is -2.18. The van der Waals surface area contributed by atoms with E-state index in [2.05, 4.69) is 65.8 Å². The molecular formula is C35H44O4S. The zero-order valence-electron chi connectivity index (χ0n) is 25.2. The van der Waals surface area contributed by atoms with E-state index in [1.807, 2.05) is 31.2 Å². The van der Waals surface area contributed by atoms with Crippen LogP contribution in [0.2, 0.25) is 0 Å². The summed E-state index contributed by atoms with van der Waals surface area (Å²) in [7, 11) is -1.90. The zero-order valence-corrected chi connectivity index (χ0v) is 26.0. The predicted molar refractivity (Wildman–Crippen MR) is 167 cm³/mol. The van der Waals surface area contributed by atoms with Crippen LogP contribution in [-0.2, 0) is 15.3 Å². The Morgan fingerprint density at radius 3 is 1.27 bits per heavy atom. The minimum Gasteiger partial charge on any atom is -0.497 e. The van der Waals surface area contributed by atoms with Crippen LogP contribution in [0, 0.1) is 6.92 Å². The van der Waals surface area contributed by atoms with Gasteiger partial charge < -0.3 is 9.47 Å². The maximum Gasteiger partial charge on any atom is 0.206 e. The summed E-state index contributed by atoms with van der Waals surface area (Å²) in [5.41, 5.74) is 3.18. The number of hydrogen-bond acceptors (Lipinski definition) is 4. The minimum absolute atomic E-state index is 0.184. The van der Waals surface area contributed by atoms with E-state index >= 15 is 0 Å². The van der Waals surface area contributed by atoms with Crippen LogP contribution >= 0.6 is 0 Å². The van der Waals surface area contributed by atoms with Crippen LogP contribution in [0.4, 0.5) is 0 Å². The summed E-state index contributed by atoms with van der Waals surface area (Å²) in [6, 6.07) is 29.4. The van der Waals surface area contributed by atoms with Crippen LogP contribution in [0.5, 0.6) is 17.2 Å². The molecule has 0 spiro atoms. The molecule has 0 aliphatic heterocycles. The van der Waals surface area contributed by atoms with E-state index in [0.717, 1.165) is 16.9 Å². The fraction of sp³-hybridized carbons (Fsp3) is 0.314. The summed E-state index contributed by atoms with van der Waals surface area (Å²) in [6.45, 7) is 14.8. The smallest absolute Gasteiger partial charge is 0.206 e. The Kier molecular flexibility index (Phi) is 12.5. The minimum atomic E-state index is -3.56.